The smallest absolute Gasteiger partial charge is 0.134 e. The minimum atomic E-state index is 0.711. The van der Waals surface area contributed by atoms with E-state index in [4.69, 9.17) is 4.42 Å². The second-order valence-corrected chi connectivity index (χ2v) is 5.40. The molecule has 0 fully saturated rings. The van der Waals surface area contributed by atoms with E-state index in [1.807, 2.05) is 18.2 Å². The predicted molar refractivity (Wildman–Crippen MR) is 88.6 cm³/mol. The lowest BCUT2D eigenvalue weighted by molar-refractivity contribution is 0.559. The van der Waals surface area contributed by atoms with Gasteiger partial charge < -0.3 is 9.73 Å². The third kappa shape index (κ3) is 3.46. The molecule has 0 atom stereocenters. The second kappa shape index (κ2) is 6.49. The van der Waals surface area contributed by atoms with Gasteiger partial charge in [0.05, 0.1) is 6.54 Å². The van der Waals surface area contributed by atoms with Crippen LogP contribution >= 0.6 is 0 Å². The molecule has 3 aromatic rings. The molecule has 0 saturated carbocycles. The Balaban J connectivity index is 1.61. The lowest BCUT2D eigenvalue weighted by Gasteiger charge is -2.06. The number of furan rings is 1. The quantitative estimate of drug-likeness (QED) is 0.654. The predicted octanol–water partition coefficient (Wildman–Crippen LogP) is 5.39. The zero-order valence-electron chi connectivity index (χ0n) is 12.4. The van der Waals surface area contributed by atoms with E-state index in [-0.39, 0.29) is 0 Å². The molecule has 21 heavy (non-hydrogen) atoms. The van der Waals surface area contributed by atoms with Crippen LogP contribution in [0.2, 0.25) is 0 Å². The van der Waals surface area contributed by atoms with Crippen LogP contribution in [0.25, 0.3) is 11.0 Å². The number of para-hydroxylation sites is 1. The van der Waals surface area contributed by atoms with Crippen molar-refractivity contribution in [3.8, 4) is 0 Å². The van der Waals surface area contributed by atoms with Gasteiger partial charge in [-0.05, 0) is 42.7 Å². The van der Waals surface area contributed by atoms with E-state index < -0.39 is 0 Å². The fourth-order valence-electron chi connectivity index (χ4n) is 2.48. The summed E-state index contributed by atoms with van der Waals surface area (Å²) in [4.78, 5) is 0. The highest BCUT2D eigenvalue weighted by atomic mass is 16.3. The van der Waals surface area contributed by atoms with Crippen LogP contribution in [-0.4, -0.2) is 0 Å². The summed E-state index contributed by atoms with van der Waals surface area (Å²) >= 11 is 0. The first kappa shape index (κ1) is 13.7. The molecule has 0 aliphatic carbocycles. The SMILES string of the molecule is CCCCc1ccc(NCc2cc3ccccc3o2)cc1. The summed E-state index contributed by atoms with van der Waals surface area (Å²) in [5, 5.41) is 4.57. The van der Waals surface area contributed by atoms with Crippen LogP contribution in [0.4, 0.5) is 5.69 Å². The first-order valence-electron chi connectivity index (χ1n) is 7.65. The van der Waals surface area contributed by atoms with E-state index in [0.29, 0.717) is 6.54 Å². The Morgan fingerprint density at radius 1 is 1.00 bits per heavy atom. The van der Waals surface area contributed by atoms with Gasteiger partial charge in [-0.3, -0.25) is 0 Å². The molecule has 0 radical (unpaired) electrons. The number of benzene rings is 2. The monoisotopic (exact) mass is 279 g/mol. The Morgan fingerprint density at radius 3 is 2.57 bits per heavy atom. The fraction of sp³-hybridized carbons (Fsp3) is 0.263. The minimum absolute atomic E-state index is 0.711. The highest BCUT2D eigenvalue weighted by Gasteiger charge is 2.02. The van der Waals surface area contributed by atoms with Gasteiger partial charge in [0.1, 0.15) is 11.3 Å². The molecular formula is C19H21NO. The summed E-state index contributed by atoms with van der Waals surface area (Å²) in [6.07, 6.45) is 3.66. The first-order chi connectivity index (χ1) is 10.3. The number of fused-ring (bicyclic) bond motifs is 1. The molecule has 1 heterocycles. The van der Waals surface area contributed by atoms with Crippen LogP contribution in [-0.2, 0) is 13.0 Å². The van der Waals surface area contributed by atoms with Crippen molar-refractivity contribution < 1.29 is 4.42 Å². The summed E-state index contributed by atoms with van der Waals surface area (Å²) in [5.41, 5.74) is 3.49. The molecule has 0 amide bonds. The van der Waals surface area contributed by atoms with Crippen molar-refractivity contribution in [1.29, 1.82) is 0 Å². The lowest BCUT2D eigenvalue weighted by Crippen LogP contribution is -1.98. The normalized spacial score (nSPS) is 10.9. The molecule has 3 rings (SSSR count). The van der Waals surface area contributed by atoms with E-state index in [2.05, 4.69) is 48.6 Å². The van der Waals surface area contributed by atoms with E-state index in [1.165, 1.54) is 24.8 Å². The summed E-state index contributed by atoms with van der Waals surface area (Å²) in [6.45, 7) is 2.94. The van der Waals surface area contributed by atoms with Crippen LogP contribution in [0.1, 0.15) is 31.1 Å². The van der Waals surface area contributed by atoms with Crippen LogP contribution in [0, 0.1) is 0 Å². The highest BCUT2D eigenvalue weighted by molar-refractivity contribution is 5.77. The molecule has 0 bridgehead atoms. The maximum Gasteiger partial charge on any atom is 0.134 e. The van der Waals surface area contributed by atoms with Crippen molar-refractivity contribution in [2.75, 3.05) is 5.32 Å². The van der Waals surface area contributed by atoms with Gasteiger partial charge in [-0.1, -0.05) is 43.7 Å². The van der Waals surface area contributed by atoms with Gasteiger partial charge >= 0.3 is 0 Å². The Morgan fingerprint density at radius 2 is 1.81 bits per heavy atom. The van der Waals surface area contributed by atoms with Gasteiger partial charge in [0.2, 0.25) is 0 Å². The average molecular weight is 279 g/mol. The number of hydrogen-bond donors (Lipinski definition) is 1. The lowest BCUT2D eigenvalue weighted by atomic mass is 10.1. The molecule has 0 saturated heterocycles. The van der Waals surface area contributed by atoms with E-state index in [1.54, 1.807) is 0 Å². The average Bonchev–Trinajstić information content (AvgIpc) is 2.95. The maximum atomic E-state index is 5.80. The molecule has 0 aliphatic heterocycles. The topological polar surface area (TPSA) is 25.2 Å². The van der Waals surface area contributed by atoms with Gasteiger partial charge in [-0.15, -0.1) is 0 Å². The van der Waals surface area contributed by atoms with Gasteiger partial charge in [-0.2, -0.15) is 0 Å². The van der Waals surface area contributed by atoms with E-state index in [0.717, 1.165) is 22.4 Å². The van der Waals surface area contributed by atoms with Gasteiger partial charge in [0, 0.05) is 11.1 Å². The summed E-state index contributed by atoms with van der Waals surface area (Å²) in [7, 11) is 0. The van der Waals surface area contributed by atoms with Gasteiger partial charge in [-0.25, -0.2) is 0 Å². The largest absolute Gasteiger partial charge is 0.459 e. The number of hydrogen-bond acceptors (Lipinski definition) is 2. The molecular weight excluding hydrogens is 258 g/mol. The summed E-state index contributed by atoms with van der Waals surface area (Å²) in [6, 6.07) is 18.9. The molecule has 0 unspecified atom stereocenters. The molecule has 108 valence electrons. The number of nitrogens with one attached hydrogen (secondary N) is 1. The third-order valence-electron chi connectivity index (χ3n) is 3.72. The van der Waals surface area contributed by atoms with Crippen LogP contribution in [0.5, 0.6) is 0 Å². The number of unbranched alkanes of at least 4 members (excludes halogenated alkanes) is 1. The third-order valence-corrected chi connectivity index (χ3v) is 3.72. The van der Waals surface area contributed by atoms with Crippen molar-refractivity contribution in [2.24, 2.45) is 0 Å². The molecule has 0 spiro atoms. The van der Waals surface area contributed by atoms with E-state index >= 15 is 0 Å². The minimum Gasteiger partial charge on any atom is -0.459 e. The van der Waals surface area contributed by atoms with Crippen molar-refractivity contribution in [1.82, 2.24) is 0 Å². The molecule has 2 heteroatoms. The van der Waals surface area contributed by atoms with Crippen molar-refractivity contribution in [3.63, 3.8) is 0 Å². The first-order valence-corrected chi connectivity index (χ1v) is 7.65. The molecule has 2 aromatic carbocycles. The van der Waals surface area contributed by atoms with E-state index in [9.17, 15) is 0 Å². The molecule has 1 N–H and O–H groups in total. The summed E-state index contributed by atoms with van der Waals surface area (Å²) in [5.74, 6) is 0.964. The second-order valence-electron chi connectivity index (χ2n) is 5.40. The van der Waals surface area contributed by atoms with Gasteiger partial charge in [0.25, 0.3) is 0 Å². The zero-order chi connectivity index (χ0) is 14.5. The van der Waals surface area contributed by atoms with Crippen LogP contribution in [0.15, 0.2) is 59.0 Å². The molecule has 1 aromatic heterocycles. The zero-order valence-corrected chi connectivity index (χ0v) is 12.4. The number of anilines is 1. The Bertz CT molecular complexity index is 664. The van der Waals surface area contributed by atoms with Crippen LogP contribution in [0.3, 0.4) is 0 Å². The van der Waals surface area contributed by atoms with Crippen LogP contribution < -0.4 is 5.32 Å². The number of aryl methyl sites for hydroxylation is 1. The summed E-state index contributed by atoms with van der Waals surface area (Å²) < 4.78 is 5.80. The Kier molecular flexibility index (Phi) is 4.25. The van der Waals surface area contributed by atoms with Crippen molar-refractivity contribution in [2.45, 2.75) is 32.7 Å². The highest BCUT2D eigenvalue weighted by Crippen LogP contribution is 2.20. The molecule has 0 aliphatic rings. The fourth-order valence-corrected chi connectivity index (χ4v) is 2.48. The number of rotatable bonds is 6. The maximum absolute atomic E-state index is 5.80. The molecule has 2 nitrogen and oxygen atoms in total. The van der Waals surface area contributed by atoms with Gasteiger partial charge in [0.15, 0.2) is 0 Å². The van der Waals surface area contributed by atoms with Crippen molar-refractivity contribution >= 4 is 16.7 Å². The van der Waals surface area contributed by atoms with Crippen molar-refractivity contribution in [3.05, 3.63) is 65.9 Å². The Hall–Kier alpha value is -2.22. The Labute approximate surface area is 125 Å². The standard InChI is InChI=1S/C19H21NO/c1-2-3-6-15-9-11-17(12-10-15)20-14-18-13-16-7-4-5-8-19(16)21-18/h4-5,7-13,20H,2-3,6,14H2,1H3.